The highest BCUT2D eigenvalue weighted by Gasteiger charge is 2.30. The molecule has 20 heavy (non-hydrogen) atoms. The summed E-state index contributed by atoms with van der Waals surface area (Å²) >= 11 is 6.05. The van der Waals surface area contributed by atoms with Gasteiger partial charge in [-0.1, -0.05) is 48.0 Å². The Morgan fingerprint density at radius 2 is 1.85 bits per heavy atom. The Labute approximate surface area is 123 Å². The smallest absolute Gasteiger partial charge is 0.248 e. The molecule has 3 nitrogen and oxygen atoms in total. The van der Waals surface area contributed by atoms with E-state index in [4.69, 9.17) is 17.3 Å². The van der Waals surface area contributed by atoms with Crippen molar-refractivity contribution < 1.29 is 4.79 Å². The van der Waals surface area contributed by atoms with Crippen LogP contribution in [0.4, 0.5) is 5.69 Å². The van der Waals surface area contributed by atoms with Gasteiger partial charge in [0.2, 0.25) is 5.91 Å². The van der Waals surface area contributed by atoms with Crippen molar-refractivity contribution in [3.8, 4) is 0 Å². The molecule has 0 spiro atoms. The number of amides is 1. The molecule has 0 aliphatic carbocycles. The second-order valence-corrected chi connectivity index (χ2v) is 5.39. The lowest BCUT2D eigenvalue weighted by Crippen LogP contribution is -2.45. The Kier molecular flexibility index (Phi) is 4.12. The van der Waals surface area contributed by atoms with E-state index in [9.17, 15) is 4.79 Å². The van der Waals surface area contributed by atoms with E-state index in [0.717, 1.165) is 11.1 Å². The summed E-state index contributed by atoms with van der Waals surface area (Å²) in [7, 11) is 0. The molecule has 0 saturated heterocycles. The van der Waals surface area contributed by atoms with E-state index >= 15 is 0 Å². The second kappa shape index (κ2) is 5.65. The van der Waals surface area contributed by atoms with Crippen LogP contribution >= 0.6 is 11.6 Å². The molecule has 1 atom stereocenters. The second-order valence-electron chi connectivity index (χ2n) is 4.99. The van der Waals surface area contributed by atoms with Crippen LogP contribution in [0.15, 0.2) is 48.5 Å². The maximum Gasteiger partial charge on any atom is 0.248 e. The van der Waals surface area contributed by atoms with Crippen LogP contribution in [-0.4, -0.2) is 5.91 Å². The van der Waals surface area contributed by atoms with Gasteiger partial charge in [-0.15, -0.1) is 0 Å². The van der Waals surface area contributed by atoms with Gasteiger partial charge in [0.25, 0.3) is 0 Å². The van der Waals surface area contributed by atoms with Gasteiger partial charge in [0.05, 0.1) is 0 Å². The van der Waals surface area contributed by atoms with E-state index in [-0.39, 0.29) is 5.91 Å². The normalized spacial score (nSPS) is 13.6. The van der Waals surface area contributed by atoms with Crippen LogP contribution in [0.1, 0.15) is 18.1 Å². The van der Waals surface area contributed by atoms with Gasteiger partial charge in [0.15, 0.2) is 0 Å². The van der Waals surface area contributed by atoms with Gasteiger partial charge >= 0.3 is 0 Å². The molecule has 0 saturated carbocycles. The van der Waals surface area contributed by atoms with Crippen LogP contribution < -0.4 is 11.1 Å². The number of rotatable bonds is 3. The molecule has 0 aliphatic rings. The fourth-order valence-electron chi connectivity index (χ4n) is 1.85. The first kappa shape index (κ1) is 14.6. The van der Waals surface area contributed by atoms with Gasteiger partial charge < -0.3 is 11.1 Å². The van der Waals surface area contributed by atoms with E-state index in [0.29, 0.717) is 10.7 Å². The summed E-state index contributed by atoms with van der Waals surface area (Å²) in [6, 6.07) is 14.7. The number of hydrogen-bond acceptors (Lipinski definition) is 2. The Hall–Kier alpha value is -1.84. The van der Waals surface area contributed by atoms with Gasteiger partial charge in [0, 0.05) is 10.7 Å². The molecule has 4 heteroatoms. The monoisotopic (exact) mass is 288 g/mol. The predicted molar refractivity (Wildman–Crippen MR) is 82.8 cm³/mol. The van der Waals surface area contributed by atoms with Crippen LogP contribution in [0.5, 0.6) is 0 Å². The molecule has 1 amide bonds. The van der Waals surface area contributed by atoms with E-state index in [1.54, 1.807) is 19.1 Å². The fourth-order valence-corrected chi connectivity index (χ4v) is 2.03. The topological polar surface area (TPSA) is 55.1 Å². The number of nitrogens with one attached hydrogen (secondary N) is 1. The zero-order valence-corrected chi connectivity index (χ0v) is 12.2. The molecular formula is C16H17ClN2O. The first-order chi connectivity index (χ1) is 9.41. The summed E-state index contributed by atoms with van der Waals surface area (Å²) < 4.78 is 0. The number of aryl methyl sites for hydroxylation is 1. The lowest BCUT2D eigenvalue weighted by molar-refractivity contribution is -0.120. The van der Waals surface area contributed by atoms with Crippen LogP contribution in [0, 0.1) is 6.92 Å². The Balaban J connectivity index is 2.21. The quantitative estimate of drug-likeness (QED) is 0.909. The average Bonchev–Trinajstić information content (AvgIpc) is 2.44. The molecule has 0 aliphatic heterocycles. The third-order valence-corrected chi connectivity index (χ3v) is 3.68. The van der Waals surface area contributed by atoms with E-state index in [1.807, 2.05) is 43.3 Å². The third-order valence-electron chi connectivity index (χ3n) is 3.27. The number of anilines is 1. The minimum atomic E-state index is -1.10. The van der Waals surface area contributed by atoms with Crippen molar-refractivity contribution in [3.63, 3.8) is 0 Å². The standard InChI is InChI=1S/C16H17ClN2O/c1-11-8-9-13(10-14(11)17)19-15(20)16(2,18)12-6-4-3-5-7-12/h3-10H,18H2,1-2H3,(H,19,20). The Morgan fingerprint density at radius 3 is 2.45 bits per heavy atom. The summed E-state index contributed by atoms with van der Waals surface area (Å²) in [5, 5.41) is 3.41. The zero-order valence-electron chi connectivity index (χ0n) is 11.5. The Morgan fingerprint density at radius 1 is 1.20 bits per heavy atom. The number of carbonyl (C=O) groups excluding carboxylic acids is 1. The fraction of sp³-hybridized carbons (Fsp3) is 0.188. The summed E-state index contributed by atoms with van der Waals surface area (Å²) in [4.78, 5) is 12.4. The van der Waals surface area contributed by atoms with Crippen LogP contribution in [-0.2, 0) is 10.3 Å². The van der Waals surface area contributed by atoms with Gasteiger partial charge in [0.1, 0.15) is 5.54 Å². The maximum atomic E-state index is 12.4. The number of benzene rings is 2. The molecule has 0 bridgehead atoms. The molecule has 3 N–H and O–H groups in total. The molecule has 0 fully saturated rings. The molecule has 0 aromatic heterocycles. The van der Waals surface area contributed by atoms with Crippen molar-refractivity contribution in [1.82, 2.24) is 0 Å². The molecule has 0 radical (unpaired) electrons. The van der Waals surface area contributed by atoms with Crippen molar-refractivity contribution in [2.24, 2.45) is 5.73 Å². The summed E-state index contributed by atoms with van der Waals surface area (Å²) in [6.45, 7) is 3.60. The van der Waals surface area contributed by atoms with Gasteiger partial charge in [-0.05, 0) is 37.1 Å². The van der Waals surface area contributed by atoms with E-state index < -0.39 is 5.54 Å². The summed E-state index contributed by atoms with van der Waals surface area (Å²) in [5.74, 6) is -0.274. The van der Waals surface area contributed by atoms with Gasteiger partial charge in [-0.25, -0.2) is 0 Å². The highest BCUT2D eigenvalue weighted by molar-refractivity contribution is 6.31. The predicted octanol–water partition coefficient (Wildman–Crippen LogP) is 3.46. The van der Waals surface area contributed by atoms with Crippen LogP contribution in [0.2, 0.25) is 5.02 Å². The molecule has 104 valence electrons. The van der Waals surface area contributed by atoms with Crippen molar-refractivity contribution in [1.29, 1.82) is 0 Å². The lowest BCUT2D eigenvalue weighted by Gasteiger charge is -2.24. The van der Waals surface area contributed by atoms with Gasteiger partial charge in [-0.2, -0.15) is 0 Å². The minimum absolute atomic E-state index is 0.274. The first-order valence-electron chi connectivity index (χ1n) is 6.33. The summed E-state index contributed by atoms with van der Waals surface area (Å²) in [5.41, 5.74) is 7.41. The molecule has 2 aromatic carbocycles. The summed E-state index contributed by atoms with van der Waals surface area (Å²) in [6.07, 6.45) is 0. The first-order valence-corrected chi connectivity index (χ1v) is 6.71. The number of nitrogens with two attached hydrogens (primary N) is 1. The molecular weight excluding hydrogens is 272 g/mol. The Bertz CT molecular complexity index is 624. The van der Waals surface area contributed by atoms with E-state index in [2.05, 4.69) is 5.32 Å². The van der Waals surface area contributed by atoms with Crippen molar-refractivity contribution in [2.45, 2.75) is 19.4 Å². The van der Waals surface area contributed by atoms with Crippen molar-refractivity contribution in [3.05, 3.63) is 64.7 Å². The van der Waals surface area contributed by atoms with Crippen LogP contribution in [0.3, 0.4) is 0 Å². The van der Waals surface area contributed by atoms with E-state index in [1.165, 1.54) is 0 Å². The zero-order chi connectivity index (χ0) is 14.8. The molecule has 2 rings (SSSR count). The lowest BCUT2D eigenvalue weighted by atomic mass is 9.92. The third kappa shape index (κ3) is 3.00. The highest BCUT2D eigenvalue weighted by atomic mass is 35.5. The number of carbonyl (C=O) groups is 1. The largest absolute Gasteiger partial charge is 0.324 e. The van der Waals surface area contributed by atoms with Crippen molar-refractivity contribution >= 4 is 23.2 Å². The SMILES string of the molecule is Cc1ccc(NC(=O)C(C)(N)c2ccccc2)cc1Cl. The van der Waals surface area contributed by atoms with Crippen molar-refractivity contribution in [2.75, 3.05) is 5.32 Å². The van der Waals surface area contributed by atoms with Crippen LogP contribution in [0.25, 0.3) is 0 Å². The minimum Gasteiger partial charge on any atom is -0.324 e. The van der Waals surface area contributed by atoms with Gasteiger partial charge in [-0.3, -0.25) is 4.79 Å². The number of hydrogen-bond donors (Lipinski definition) is 2. The molecule has 0 heterocycles. The molecule has 2 aromatic rings. The molecule has 1 unspecified atom stereocenters. The maximum absolute atomic E-state index is 12.4. The highest BCUT2D eigenvalue weighted by Crippen LogP contribution is 2.23. The number of halogens is 1. The average molecular weight is 289 g/mol.